The molecule has 1 aromatic rings. The van der Waals surface area contributed by atoms with Crippen molar-refractivity contribution < 1.29 is 4.79 Å². The van der Waals surface area contributed by atoms with E-state index in [9.17, 15) is 4.79 Å². The fraction of sp³-hybridized carbons (Fsp3) is 0.625. The maximum absolute atomic E-state index is 11.5. The number of hydrogen-bond acceptors (Lipinski definition) is 2. The van der Waals surface area contributed by atoms with Crippen molar-refractivity contribution in [2.45, 2.75) is 51.9 Å². The molecular formula is C16H23NO. The van der Waals surface area contributed by atoms with Crippen LogP contribution in [0.1, 0.15) is 51.0 Å². The van der Waals surface area contributed by atoms with Gasteiger partial charge in [0.1, 0.15) is 6.29 Å². The number of aromatic nitrogens is 1. The smallest absolute Gasteiger partial charge is 0.126 e. The van der Waals surface area contributed by atoms with Gasteiger partial charge in [-0.2, -0.15) is 0 Å². The summed E-state index contributed by atoms with van der Waals surface area (Å²) in [4.78, 5) is 15.7. The number of pyridine rings is 1. The van der Waals surface area contributed by atoms with Crippen LogP contribution in [0.3, 0.4) is 0 Å². The molecule has 0 bridgehead atoms. The van der Waals surface area contributed by atoms with Crippen LogP contribution >= 0.6 is 0 Å². The molecule has 0 unspecified atom stereocenters. The molecule has 1 fully saturated rings. The summed E-state index contributed by atoms with van der Waals surface area (Å²) in [6.45, 7) is 2.25. The van der Waals surface area contributed by atoms with Crippen LogP contribution in [-0.2, 0) is 11.2 Å². The highest BCUT2D eigenvalue weighted by Gasteiger charge is 2.34. The molecule has 1 aromatic heterocycles. The Labute approximate surface area is 110 Å². The molecule has 1 aliphatic rings. The average Bonchev–Trinajstić information content (AvgIpc) is 2.43. The van der Waals surface area contributed by atoms with Gasteiger partial charge in [0.15, 0.2) is 0 Å². The number of nitrogens with zero attached hydrogens (tertiary/aromatic N) is 1. The molecule has 0 amide bonds. The fourth-order valence-corrected chi connectivity index (χ4v) is 3.19. The Morgan fingerprint density at radius 1 is 1.44 bits per heavy atom. The lowest BCUT2D eigenvalue weighted by molar-refractivity contribution is -0.118. The third-order valence-corrected chi connectivity index (χ3v) is 4.33. The van der Waals surface area contributed by atoms with E-state index in [2.05, 4.69) is 18.0 Å². The number of hydrogen-bond donors (Lipinski definition) is 0. The molecule has 2 rings (SSSR count). The molecular weight excluding hydrogens is 222 g/mol. The molecule has 2 heteroatoms. The summed E-state index contributed by atoms with van der Waals surface area (Å²) < 4.78 is 0. The average molecular weight is 245 g/mol. The molecule has 1 heterocycles. The highest BCUT2D eigenvalue weighted by molar-refractivity contribution is 5.60. The van der Waals surface area contributed by atoms with E-state index in [1.54, 1.807) is 6.20 Å². The van der Waals surface area contributed by atoms with Crippen LogP contribution in [0, 0.1) is 11.3 Å². The Morgan fingerprint density at radius 2 is 2.22 bits per heavy atom. The van der Waals surface area contributed by atoms with E-state index < -0.39 is 0 Å². The first-order valence-corrected chi connectivity index (χ1v) is 7.13. The summed E-state index contributed by atoms with van der Waals surface area (Å²) in [5.74, 6) is 0.844. The quantitative estimate of drug-likeness (QED) is 0.738. The van der Waals surface area contributed by atoms with Gasteiger partial charge in [0.2, 0.25) is 0 Å². The van der Waals surface area contributed by atoms with Crippen molar-refractivity contribution >= 4 is 6.29 Å². The minimum absolute atomic E-state index is 0.118. The van der Waals surface area contributed by atoms with Gasteiger partial charge >= 0.3 is 0 Å². The first-order valence-electron chi connectivity index (χ1n) is 7.13. The van der Waals surface area contributed by atoms with Crippen LogP contribution < -0.4 is 0 Å². The van der Waals surface area contributed by atoms with Crippen LogP contribution in [0.15, 0.2) is 24.5 Å². The van der Waals surface area contributed by atoms with Gasteiger partial charge in [-0.25, -0.2) is 0 Å². The van der Waals surface area contributed by atoms with Gasteiger partial charge in [-0.3, -0.25) is 4.98 Å². The Morgan fingerprint density at radius 3 is 2.78 bits per heavy atom. The Bertz CT molecular complexity index is 366. The summed E-state index contributed by atoms with van der Waals surface area (Å²) in [5.41, 5.74) is 1.08. The maximum atomic E-state index is 11.5. The van der Waals surface area contributed by atoms with Crippen LogP contribution in [0.5, 0.6) is 0 Å². The van der Waals surface area contributed by atoms with Gasteiger partial charge in [0, 0.05) is 17.8 Å². The van der Waals surface area contributed by atoms with Crippen molar-refractivity contribution in [1.82, 2.24) is 4.98 Å². The molecule has 0 atom stereocenters. The molecule has 0 aromatic carbocycles. The SMILES string of the molecule is CCCC1CCC(C=O)(Cc2cccnc2)CC1. The van der Waals surface area contributed by atoms with Crippen LogP contribution in [-0.4, -0.2) is 11.3 Å². The molecule has 2 nitrogen and oxygen atoms in total. The minimum atomic E-state index is -0.118. The Balaban J connectivity index is 1.98. The summed E-state index contributed by atoms with van der Waals surface area (Å²) in [6.07, 6.45) is 12.9. The highest BCUT2D eigenvalue weighted by Crippen LogP contribution is 2.41. The largest absolute Gasteiger partial charge is 0.303 e. The molecule has 0 radical (unpaired) electrons. The molecule has 0 N–H and O–H groups in total. The number of aldehydes is 1. The van der Waals surface area contributed by atoms with E-state index in [0.29, 0.717) is 0 Å². The van der Waals surface area contributed by atoms with E-state index >= 15 is 0 Å². The van der Waals surface area contributed by atoms with Gasteiger partial charge in [-0.1, -0.05) is 25.8 Å². The number of carbonyl (C=O) groups excluding carboxylic acids is 1. The fourth-order valence-electron chi connectivity index (χ4n) is 3.19. The zero-order valence-corrected chi connectivity index (χ0v) is 11.3. The third kappa shape index (κ3) is 3.18. The van der Waals surface area contributed by atoms with Crippen molar-refractivity contribution in [3.05, 3.63) is 30.1 Å². The van der Waals surface area contributed by atoms with Crippen molar-refractivity contribution in [2.75, 3.05) is 0 Å². The van der Waals surface area contributed by atoms with Gasteiger partial charge in [-0.05, 0) is 49.7 Å². The van der Waals surface area contributed by atoms with Gasteiger partial charge in [-0.15, -0.1) is 0 Å². The minimum Gasteiger partial charge on any atom is -0.303 e. The number of rotatable bonds is 5. The molecule has 98 valence electrons. The zero-order valence-electron chi connectivity index (χ0n) is 11.3. The zero-order chi connectivity index (χ0) is 12.8. The van der Waals surface area contributed by atoms with Crippen LogP contribution in [0.25, 0.3) is 0 Å². The number of carbonyl (C=O) groups is 1. The van der Waals surface area contributed by atoms with E-state index in [1.165, 1.54) is 37.5 Å². The maximum Gasteiger partial charge on any atom is 0.126 e. The van der Waals surface area contributed by atoms with Crippen molar-refractivity contribution in [2.24, 2.45) is 11.3 Å². The lowest BCUT2D eigenvalue weighted by atomic mass is 9.68. The first-order chi connectivity index (χ1) is 8.78. The van der Waals surface area contributed by atoms with E-state index in [1.807, 2.05) is 12.3 Å². The van der Waals surface area contributed by atoms with Crippen molar-refractivity contribution in [1.29, 1.82) is 0 Å². The van der Waals surface area contributed by atoms with Crippen molar-refractivity contribution in [3.8, 4) is 0 Å². The Hall–Kier alpha value is -1.18. The molecule has 1 saturated carbocycles. The van der Waals surface area contributed by atoms with Crippen LogP contribution in [0.2, 0.25) is 0 Å². The summed E-state index contributed by atoms with van der Waals surface area (Å²) >= 11 is 0. The first kappa shape index (κ1) is 13.3. The predicted octanol–water partition coefficient (Wildman–Crippen LogP) is 3.80. The predicted molar refractivity (Wildman–Crippen MR) is 73.3 cm³/mol. The van der Waals surface area contributed by atoms with E-state index in [4.69, 9.17) is 0 Å². The lowest BCUT2D eigenvalue weighted by Crippen LogP contribution is -2.31. The van der Waals surface area contributed by atoms with E-state index in [-0.39, 0.29) is 5.41 Å². The van der Waals surface area contributed by atoms with Gasteiger partial charge in [0.25, 0.3) is 0 Å². The van der Waals surface area contributed by atoms with Gasteiger partial charge < -0.3 is 4.79 Å². The summed E-state index contributed by atoms with van der Waals surface area (Å²) in [7, 11) is 0. The Kier molecular flexibility index (Phi) is 4.51. The molecule has 1 aliphatic carbocycles. The topological polar surface area (TPSA) is 30.0 Å². The molecule has 0 aliphatic heterocycles. The van der Waals surface area contributed by atoms with Crippen molar-refractivity contribution in [3.63, 3.8) is 0 Å². The second-order valence-corrected chi connectivity index (χ2v) is 5.75. The second-order valence-electron chi connectivity index (χ2n) is 5.75. The monoisotopic (exact) mass is 245 g/mol. The third-order valence-electron chi connectivity index (χ3n) is 4.33. The van der Waals surface area contributed by atoms with Gasteiger partial charge in [0.05, 0.1) is 0 Å². The normalized spacial score (nSPS) is 27.9. The van der Waals surface area contributed by atoms with Crippen LogP contribution in [0.4, 0.5) is 0 Å². The highest BCUT2D eigenvalue weighted by atomic mass is 16.1. The standard InChI is InChI=1S/C16H23NO/c1-2-4-14-6-8-16(13-18,9-7-14)11-15-5-3-10-17-12-15/h3,5,10,12-14H,2,4,6-9,11H2,1H3. The molecule has 0 spiro atoms. The molecule has 18 heavy (non-hydrogen) atoms. The van der Waals surface area contributed by atoms with E-state index in [0.717, 1.165) is 25.2 Å². The molecule has 0 saturated heterocycles. The summed E-state index contributed by atoms with van der Waals surface area (Å²) in [6, 6.07) is 4.03. The lowest BCUT2D eigenvalue weighted by Gasteiger charge is -2.36. The second kappa shape index (κ2) is 6.12. The summed E-state index contributed by atoms with van der Waals surface area (Å²) in [5, 5.41) is 0.